The Labute approximate surface area is 72.3 Å². The lowest BCUT2D eigenvalue weighted by molar-refractivity contribution is -0.128. The maximum atomic E-state index is 10.5. The smallest absolute Gasteiger partial charge is 0.247 e. The van der Waals surface area contributed by atoms with Crippen LogP contribution in [0.4, 0.5) is 0 Å². The second-order valence-corrected chi connectivity index (χ2v) is 4.25. The molecule has 0 spiro atoms. The van der Waals surface area contributed by atoms with Crippen LogP contribution >= 0.6 is 0 Å². The quantitative estimate of drug-likeness (QED) is 0.584. The van der Waals surface area contributed by atoms with Crippen LogP contribution < -0.4 is 5.73 Å². The molecule has 70 valence electrons. The van der Waals surface area contributed by atoms with Crippen molar-refractivity contribution in [3.05, 3.63) is 0 Å². The Morgan fingerprint density at radius 1 is 1.67 bits per heavy atom. The van der Waals surface area contributed by atoms with Gasteiger partial charge in [0.15, 0.2) is 0 Å². The van der Waals surface area contributed by atoms with E-state index in [4.69, 9.17) is 10.8 Å². The number of hydrogen-bond acceptors (Lipinski definition) is 3. The Bertz CT molecular complexity index is 183. The van der Waals surface area contributed by atoms with Gasteiger partial charge < -0.3 is 10.8 Å². The molecule has 4 nitrogen and oxygen atoms in total. The van der Waals surface area contributed by atoms with E-state index < -0.39 is 12.0 Å². The van der Waals surface area contributed by atoms with Crippen molar-refractivity contribution in [1.29, 1.82) is 0 Å². The minimum atomic E-state index is -1.01. The molecule has 1 saturated heterocycles. The largest absolute Gasteiger partial charge is 0.382 e. The number of aliphatic hydroxyl groups excluding tert-OH is 1. The SMILES string of the molecule is CC1(C)CN(CC(O)C(N)=O)C1. The van der Waals surface area contributed by atoms with Crippen LogP contribution in [0.3, 0.4) is 0 Å². The fourth-order valence-corrected chi connectivity index (χ4v) is 1.63. The first-order valence-electron chi connectivity index (χ1n) is 4.10. The van der Waals surface area contributed by atoms with E-state index in [1.807, 2.05) is 4.90 Å². The minimum Gasteiger partial charge on any atom is -0.382 e. The first kappa shape index (κ1) is 9.48. The molecule has 12 heavy (non-hydrogen) atoms. The van der Waals surface area contributed by atoms with Crippen molar-refractivity contribution in [2.45, 2.75) is 20.0 Å². The summed E-state index contributed by atoms with van der Waals surface area (Å²) >= 11 is 0. The van der Waals surface area contributed by atoms with Crippen molar-refractivity contribution in [2.75, 3.05) is 19.6 Å². The van der Waals surface area contributed by atoms with Gasteiger partial charge in [0.1, 0.15) is 6.10 Å². The van der Waals surface area contributed by atoms with Gasteiger partial charge in [-0.15, -0.1) is 0 Å². The number of nitrogens with zero attached hydrogens (tertiary/aromatic N) is 1. The molecule has 1 amide bonds. The van der Waals surface area contributed by atoms with Gasteiger partial charge in [-0.2, -0.15) is 0 Å². The zero-order chi connectivity index (χ0) is 9.35. The molecule has 0 aliphatic carbocycles. The Morgan fingerprint density at radius 2 is 2.17 bits per heavy atom. The molecule has 0 aromatic heterocycles. The third-order valence-corrected chi connectivity index (χ3v) is 2.06. The van der Waals surface area contributed by atoms with Crippen LogP contribution in [0.1, 0.15) is 13.8 Å². The van der Waals surface area contributed by atoms with Crippen LogP contribution in [0.25, 0.3) is 0 Å². The van der Waals surface area contributed by atoms with Gasteiger partial charge in [0.2, 0.25) is 5.91 Å². The van der Waals surface area contributed by atoms with Crippen LogP contribution in [0.2, 0.25) is 0 Å². The average Bonchev–Trinajstić information content (AvgIpc) is 1.83. The van der Waals surface area contributed by atoms with E-state index >= 15 is 0 Å². The number of nitrogens with two attached hydrogens (primary N) is 1. The molecule has 1 aliphatic heterocycles. The maximum absolute atomic E-state index is 10.5. The Balaban J connectivity index is 2.23. The standard InChI is InChI=1S/C8H16N2O2/c1-8(2)4-10(5-8)3-6(11)7(9)12/h6,11H,3-5H2,1-2H3,(H2,9,12). The average molecular weight is 172 g/mol. The summed E-state index contributed by atoms with van der Waals surface area (Å²) in [5.74, 6) is -0.639. The lowest BCUT2D eigenvalue weighted by Gasteiger charge is -2.46. The van der Waals surface area contributed by atoms with Crippen molar-refractivity contribution < 1.29 is 9.90 Å². The zero-order valence-corrected chi connectivity index (χ0v) is 7.58. The fraction of sp³-hybridized carbons (Fsp3) is 0.875. The van der Waals surface area contributed by atoms with Gasteiger partial charge in [-0.25, -0.2) is 0 Å². The van der Waals surface area contributed by atoms with Gasteiger partial charge in [0, 0.05) is 19.6 Å². The first-order chi connectivity index (χ1) is 5.41. The van der Waals surface area contributed by atoms with E-state index in [9.17, 15) is 4.79 Å². The zero-order valence-electron chi connectivity index (χ0n) is 7.58. The molecule has 0 saturated carbocycles. The summed E-state index contributed by atoms with van der Waals surface area (Å²) in [4.78, 5) is 12.5. The highest BCUT2D eigenvalue weighted by atomic mass is 16.3. The number of carbonyl (C=O) groups is 1. The molecule has 1 aliphatic rings. The first-order valence-corrected chi connectivity index (χ1v) is 4.10. The molecule has 3 N–H and O–H groups in total. The van der Waals surface area contributed by atoms with E-state index in [1.165, 1.54) is 0 Å². The van der Waals surface area contributed by atoms with Crippen LogP contribution in [0.15, 0.2) is 0 Å². The molecule has 1 fully saturated rings. The topological polar surface area (TPSA) is 66.6 Å². The molecule has 1 atom stereocenters. The lowest BCUT2D eigenvalue weighted by Crippen LogP contribution is -2.56. The molecule has 0 radical (unpaired) electrons. The second kappa shape index (κ2) is 3.03. The highest BCUT2D eigenvalue weighted by Crippen LogP contribution is 2.28. The van der Waals surface area contributed by atoms with E-state index in [1.54, 1.807) is 0 Å². The second-order valence-electron chi connectivity index (χ2n) is 4.25. The number of carbonyl (C=O) groups excluding carboxylic acids is 1. The number of amides is 1. The summed E-state index contributed by atoms with van der Waals surface area (Å²) in [5.41, 5.74) is 5.25. The Morgan fingerprint density at radius 3 is 2.50 bits per heavy atom. The van der Waals surface area contributed by atoms with Crippen LogP contribution in [0.5, 0.6) is 0 Å². The summed E-state index contributed by atoms with van der Waals surface area (Å²) in [7, 11) is 0. The number of aliphatic hydroxyl groups is 1. The highest BCUT2D eigenvalue weighted by molar-refractivity contribution is 5.78. The molecule has 0 aromatic rings. The number of hydrogen-bond donors (Lipinski definition) is 2. The van der Waals surface area contributed by atoms with Crippen molar-refractivity contribution in [1.82, 2.24) is 4.90 Å². The molecule has 0 bridgehead atoms. The number of β-amino-alcohol motifs (C(OH)–C–C–N with tert-alkyl or cyclic N) is 1. The number of likely N-dealkylation sites (tertiary alicyclic amines) is 1. The Hall–Kier alpha value is -0.610. The van der Waals surface area contributed by atoms with Gasteiger partial charge in [-0.3, -0.25) is 9.69 Å². The molecule has 4 heteroatoms. The molecular weight excluding hydrogens is 156 g/mol. The predicted molar refractivity (Wildman–Crippen MR) is 45.4 cm³/mol. The summed E-state index contributed by atoms with van der Waals surface area (Å²) in [5, 5.41) is 9.12. The molecule has 1 heterocycles. The number of rotatable bonds is 3. The van der Waals surface area contributed by atoms with Gasteiger partial charge in [0.25, 0.3) is 0 Å². The van der Waals surface area contributed by atoms with E-state index in [0.717, 1.165) is 13.1 Å². The molecule has 0 aromatic carbocycles. The van der Waals surface area contributed by atoms with Gasteiger partial charge in [0.05, 0.1) is 0 Å². The van der Waals surface area contributed by atoms with Crippen molar-refractivity contribution >= 4 is 5.91 Å². The van der Waals surface area contributed by atoms with E-state index in [2.05, 4.69) is 13.8 Å². The normalized spacial score (nSPS) is 24.6. The van der Waals surface area contributed by atoms with Crippen molar-refractivity contribution in [3.8, 4) is 0 Å². The third kappa shape index (κ3) is 2.19. The molecular formula is C8H16N2O2. The Kier molecular flexibility index (Phi) is 2.39. The maximum Gasteiger partial charge on any atom is 0.247 e. The van der Waals surface area contributed by atoms with Crippen molar-refractivity contribution in [3.63, 3.8) is 0 Å². The van der Waals surface area contributed by atoms with Gasteiger partial charge >= 0.3 is 0 Å². The van der Waals surface area contributed by atoms with Crippen LogP contribution in [-0.4, -0.2) is 41.7 Å². The highest BCUT2D eigenvalue weighted by Gasteiger charge is 2.35. The minimum absolute atomic E-state index is 0.331. The van der Waals surface area contributed by atoms with Crippen molar-refractivity contribution in [2.24, 2.45) is 11.1 Å². The molecule has 1 rings (SSSR count). The third-order valence-electron chi connectivity index (χ3n) is 2.06. The summed E-state index contributed by atoms with van der Waals surface area (Å²) in [6, 6.07) is 0. The monoisotopic (exact) mass is 172 g/mol. The number of primary amides is 1. The summed E-state index contributed by atoms with van der Waals surface area (Å²) in [6.45, 7) is 6.54. The summed E-state index contributed by atoms with van der Waals surface area (Å²) < 4.78 is 0. The lowest BCUT2D eigenvalue weighted by atomic mass is 9.84. The summed E-state index contributed by atoms with van der Waals surface area (Å²) in [6.07, 6.45) is -1.01. The van der Waals surface area contributed by atoms with Gasteiger partial charge in [-0.05, 0) is 5.41 Å². The van der Waals surface area contributed by atoms with Gasteiger partial charge in [-0.1, -0.05) is 13.8 Å². The van der Waals surface area contributed by atoms with Crippen LogP contribution in [0, 0.1) is 5.41 Å². The van der Waals surface area contributed by atoms with E-state index in [0.29, 0.717) is 12.0 Å². The predicted octanol–water partition coefficient (Wildman–Crippen LogP) is -0.826. The van der Waals surface area contributed by atoms with Crippen LogP contribution in [-0.2, 0) is 4.79 Å². The van der Waals surface area contributed by atoms with E-state index in [-0.39, 0.29) is 0 Å². The molecule has 1 unspecified atom stereocenters. The fourth-order valence-electron chi connectivity index (χ4n) is 1.63.